The van der Waals surface area contributed by atoms with Crippen molar-refractivity contribution in [2.75, 3.05) is 13.7 Å². The SMILES string of the molecule is C/C=C(\C=C/COc1nc2ccccc2[nH]1)n1c(=O)n(CC)c2c(OC)ccnc21. The Hall–Kier alpha value is -3.81. The summed E-state index contributed by atoms with van der Waals surface area (Å²) in [5.74, 6) is 0.616. The first-order valence-electron chi connectivity index (χ1n) is 9.73. The van der Waals surface area contributed by atoms with Crippen LogP contribution in [0.4, 0.5) is 0 Å². The van der Waals surface area contributed by atoms with Crippen LogP contribution in [0.3, 0.4) is 0 Å². The first kappa shape index (κ1) is 19.5. The average Bonchev–Trinajstić information content (AvgIpc) is 3.31. The van der Waals surface area contributed by atoms with E-state index in [9.17, 15) is 4.79 Å². The molecular weight excluding hydrogens is 382 g/mol. The summed E-state index contributed by atoms with van der Waals surface area (Å²) in [5, 5.41) is 0. The van der Waals surface area contributed by atoms with Gasteiger partial charge in [0.25, 0.3) is 6.01 Å². The molecule has 0 aliphatic rings. The summed E-state index contributed by atoms with van der Waals surface area (Å²) in [4.78, 5) is 25.0. The molecule has 8 heteroatoms. The van der Waals surface area contributed by atoms with E-state index in [1.165, 1.54) is 0 Å². The predicted molar refractivity (Wildman–Crippen MR) is 117 cm³/mol. The minimum atomic E-state index is -0.166. The van der Waals surface area contributed by atoms with E-state index < -0.39 is 0 Å². The van der Waals surface area contributed by atoms with Crippen LogP contribution in [-0.2, 0) is 6.54 Å². The van der Waals surface area contributed by atoms with Crippen molar-refractivity contribution >= 4 is 27.9 Å². The van der Waals surface area contributed by atoms with Crippen LogP contribution in [0.25, 0.3) is 27.9 Å². The number of aryl methyl sites for hydroxylation is 1. The van der Waals surface area contributed by atoms with E-state index in [1.54, 1.807) is 28.5 Å². The number of rotatable bonds is 7. The number of hydrogen-bond acceptors (Lipinski definition) is 5. The highest BCUT2D eigenvalue weighted by molar-refractivity contribution is 5.83. The maximum absolute atomic E-state index is 13.1. The Morgan fingerprint density at radius 2 is 2.10 bits per heavy atom. The molecule has 0 spiro atoms. The van der Waals surface area contributed by atoms with Crippen LogP contribution in [0.2, 0.25) is 0 Å². The van der Waals surface area contributed by atoms with Crippen molar-refractivity contribution in [1.82, 2.24) is 24.1 Å². The minimum Gasteiger partial charge on any atom is -0.494 e. The molecule has 8 nitrogen and oxygen atoms in total. The topological polar surface area (TPSA) is 87.0 Å². The summed E-state index contributed by atoms with van der Waals surface area (Å²) < 4.78 is 14.4. The zero-order valence-corrected chi connectivity index (χ0v) is 17.1. The van der Waals surface area contributed by atoms with Gasteiger partial charge in [-0.3, -0.25) is 4.57 Å². The summed E-state index contributed by atoms with van der Waals surface area (Å²) in [6.07, 6.45) is 7.17. The van der Waals surface area contributed by atoms with E-state index in [-0.39, 0.29) is 5.69 Å². The number of nitrogens with zero attached hydrogens (tertiary/aromatic N) is 4. The fourth-order valence-electron chi connectivity index (χ4n) is 3.43. The molecule has 1 N–H and O–H groups in total. The van der Waals surface area contributed by atoms with E-state index in [1.807, 2.05) is 56.3 Å². The van der Waals surface area contributed by atoms with Gasteiger partial charge in [0.15, 0.2) is 5.65 Å². The third-order valence-electron chi connectivity index (χ3n) is 4.83. The Labute approximate surface area is 173 Å². The van der Waals surface area contributed by atoms with Crippen molar-refractivity contribution in [1.29, 1.82) is 0 Å². The molecule has 0 bridgehead atoms. The fourth-order valence-corrected chi connectivity index (χ4v) is 3.43. The van der Waals surface area contributed by atoms with Crippen LogP contribution in [-0.4, -0.2) is 37.8 Å². The second-order valence-corrected chi connectivity index (χ2v) is 6.53. The molecule has 0 radical (unpaired) electrons. The second-order valence-electron chi connectivity index (χ2n) is 6.53. The van der Waals surface area contributed by atoms with Crippen LogP contribution < -0.4 is 15.2 Å². The van der Waals surface area contributed by atoms with Gasteiger partial charge in [0.05, 0.1) is 18.1 Å². The summed E-state index contributed by atoms with van der Waals surface area (Å²) in [6, 6.07) is 9.94. The second kappa shape index (κ2) is 8.28. The number of H-pyrrole nitrogens is 1. The zero-order valence-electron chi connectivity index (χ0n) is 17.1. The number of imidazole rings is 2. The van der Waals surface area contributed by atoms with Gasteiger partial charge in [-0.1, -0.05) is 18.2 Å². The quantitative estimate of drug-likeness (QED) is 0.475. The molecule has 0 aliphatic carbocycles. The van der Waals surface area contributed by atoms with Gasteiger partial charge in [-0.25, -0.2) is 14.3 Å². The van der Waals surface area contributed by atoms with Crippen LogP contribution >= 0.6 is 0 Å². The van der Waals surface area contributed by atoms with Crippen LogP contribution in [0.5, 0.6) is 11.8 Å². The standard InChI is InChI=1S/C22H23N5O3/c1-4-15(9-8-14-30-21-24-16-10-6-7-11-17(16)25-21)27-20-19(26(5-2)22(27)28)18(29-3)12-13-23-20/h4,6-13H,5,14H2,1-3H3,(H,24,25)/b9-8-,15-4+. The Morgan fingerprint density at radius 3 is 2.83 bits per heavy atom. The Morgan fingerprint density at radius 1 is 1.27 bits per heavy atom. The van der Waals surface area contributed by atoms with Crippen molar-refractivity contribution in [2.24, 2.45) is 0 Å². The van der Waals surface area contributed by atoms with Gasteiger partial charge < -0.3 is 14.5 Å². The van der Waals surface area contributed by atoms with E-state index >= 15 is 0 Å². The third-order valence-corrected chi connectivity index (χ3v) is 4.83. The van der Waals surface area contributed by atoms with Gasteiger partial charge in [0.1, 0.15) is 17.9 Å². The Bertz CT molecular complexity index is 1280. The molecule has 0 unspecified atom stereocenters. The Kier molecular flexibility index (Phi) is 5.38. The van der Waals surface area contributed by atoms with Gasteiger partial charge in [-0.2, -0.15) is 4.98 Å². The minimum absolute atomic E-state index is 0.166. The first-order valence-corrected chi connectivity index (χ1v) is 9.73. The lowest BCUT2D eigenvalue weighted by Crippen LogP contribution is -2.23. The molecule has 1 aromatic carbocycles. The lowest BCUT2D eigenvalue weighted by atomic mass is 10.3. The van der Waals surface area contributed by atoms with Crippen molar-refractivity contribution < 1.29 is 9.47 Å². The highest BCUT2D eigenvalue weighted by Crippen LogP contribution is 2.25. The van der Waals surface area contributed by atoms with Crippen molar-refractivity contribution in [3.63, 3.8) is 0 Å². The molecule has 0 atom stereocenters. The molecule has 0 aliphatic heterocycles. The molecule has 154 valence electrons. The molecular formula is C22H23N5O3. The van der Waals surface area contributed by atoms with E-state index in [2.05, 4.69) is 15.0 Å². The number of fused-ring (bicyclic) bond motifs is 2. The largest absolute Gasteiger partial charge is 0.494 e. The molecule has 30 heavy (non-hydrogen) atoms. The summed E-state index contributed by atoms with van der Waals surface area (Å²) >= 11 is 0. The van der Waals surface area contributed by atoms with Gasteiger partial charge >= 0.3 is 5.69 Å². The smallest absolute Gasteiger partial charge is 0.335 e. The number of pyridine rings is 1. The highest BCUT2D eigenvalue weighted by Gasteiger charge is 2.18. The fraction of sp³-hybridized carbons (Fsp3) is 0.227. The number of methoxy groups -OCH3 is 1. The molecule has 0 saturated carbocycles. The number of aromatic nitrogens is 5. The summed E-state index contributed by atoms with van der Waals surface area (Å²) in [7, 11) is 1.59. The Balaban J connectivity index is 1.60. The van der Waals surface area contributed by atoms with Gasteiger partial charge in [0.2, 0.25) is 0 Å². The van der Waals surface area contributed by atoms with Crippen LogP contribution in [0.1, 0.15) is 13.8 Å². The molecule has 4 rings (SSSR count). The van der Waals surface area contributed by atoms with Gasteiger partial charge in [0, 0.05) is 24.5 Å². The molecule has 4 aromatic rings. The van der Waals surface area contributed by atoms with Crippen molar-refractivity contribution in [3.8, 4) is 11.8 Å². The predicted octanol–water partition coefficient (Wildman–Crippen LogP) is 3.60. The molecule has 0 fully saturated rings. The van der Waals surface area contributed by atoms with Gasteiger partial charge in [-0.05, 0) is 38.1 Å². The van der Waals surface area contributed by atoms with Crippen molar-refractivity contribution in [2.45, 2.75) is 20.4 Å². The zero-order chi connectivity index (χ0) is 21.1. The maximum atomic E-state index is 13.1. The third kappa shape index (κ3) is 3.36. The molecule has 3 aromatic heterocycles. The highest BCUT2D eigenvalue weighted by atomic mass is 16.5. The molecule has 0 saturated heterocycles. The monoisotopic (exact) mass is 405 g/mol. The van der Waals surface area contributed by atoms with Gasteiger partial charge in [-0.15, -0.1) is 0 Å². The number of para-hydroxylation sites is 2. The van der Waals surface area contributed by atoms with Crippen LogP contribution in [0, 0.1) is 0 Å². The first-order chi connectivity index (χ1) is 14.7. The number of hydrogen-bond donors (Lipinski definition) is 1. The molecule has 3 heterocycles. The lowest BCUT2D eigenvalue weighted by molar-refractivity contribution is 0.338. The lowest BCUT2D eigenvalue weighted by Gasteiger charge is -2.05. The number of nitrogens with one attached hydrogen (secondary N) is 1. The number of aromatic amines is 1. The average molecular weight is 405 g/mol. The summed E-state index contributed by atoms with van der Waals surface area (Å²) in [5.41, 5.74) is 3.54. The number of benzene rings is 1. The van der Waals surface area contributed by atoms with Crippen molar-refractivity contribution in [3.05, 3.63) is 65.2 Å². The number of ether oxygens (including phenoxy) is 2. The van der Waals surface area contributed by atoms with E-state index in [0.717, 1.165) is 11.0 Å². The maximum Gasteiger partial charge on any atom is 0.335 e. The molecule has 0 amide bonds. The summed E-state index contributed by atoms with van der Waals surface area (Å²) in [6.45, 7) is 4.61. The van der Waals surface area contributed by atoms with Crippen LogP contribution in [0.15, 0.2) is 59.6 Å². The van der Waals surface area contributed by atoms with E-state index in [4.69, 9.17) is 9.47 Å². The van der Waals surface area contributed by atoms with E-state index in [0.29, 0.717) is 41.8 Å². The normalized spacial score (nSPS) is 12.3. The number of allylic oxidation sites excluding steroid dienone is 3.